The zero-order valence-electron chi connectivity index (χ0n) is 20.8. The monoisotopic (exact) mass is 446 g/mol. The number of carbonyl (C=O) groups excluding carboxylic acids is 1. The molecule has 4 N–H and O–H groups in total. The fourth-order valence-electron chi connectivity index (χ4n) is 8.87. The van der Waals surface area contributed by atoms with E-state index in [-0.39, 0.29) is 23.7 Å². The Labute approximate surface area is 194 Å². The van der Waals surface area contributed by atoms with Gasteiger partial charge in [-0.05, 0) is 106 Å². The normalized spacial score (nSPS) is 43.8. The minimum atomic E-state index is 0.0970. The third-order valence-electron chi connectivity index (χ3n) is 10.2. The van der Waals surface area contributed by atoms with E-state index in [0.29, 0.717) is 17.2 Å². The van der Waals surface area contributed by atoms with Crippen molar-refractivity contribution in [2.24, 2.45) is 63.0 Å². The van der Waals surface area contributed by atoms with Gasteiger partial charge in [0, 0.05) is 12.5 Å². The number of carbonyl (C=O) groups is 1. The van der Waals surface area contributed by atoms with Crippen LogP contribution in [0, 0.1) is 46.3 Å². The second-order valence-electron chi connectivity index (χ2n) is 11.9. The summed E-state index contributed by atoms with van der Waals surface area (Å²) in [7, 11) is 0. The lowest BCUT2D eigenvalue weighted by molar-refractivity contribution is -0.158. The molecule has 4 aliphatic rings. The molecule has 6 heteroatoms. The quantitative estimate of drug-likeness (QED) is 0.263. The smallest absolute Gasteiger partial charge is 0.159 e. The van der Waals surface area contributed by atoms with E-state index in [0.717, 1.165) is 49.7 Å². The van der Waals surface area contributed by atoms with Gasteiger partial charge in [-0.1, -0.05) is 20.3 Å². The third-order valence-corrected chi connectivity index (χ3v) is 10.2. The van der Waals surface area contributed by atoms with Crippen molar-refractivity contribution in [3.05, 3.63) is 0 Å². The van der Waals surface area contributed by atoms with Gasteiger partial charge < -0.3 is 10.5 Å². The molecule has 8 atom stereocenters. The molecule has 0 amide bonds. The average Bonchev–Trinajstić information content (AvgIpc) is 3.09. The van der Waals surface area contributed by atoms with Crippen LogP contribution in [-0.4, -0.2) is 36.5 Å². The van der Waals surface area contributed by atoms with Gasteiger partial charge in [-0.25, -0.2) is 11.0 Å². The molecule has 32 heavy (non-hydrogen) atoms. The molecule has 0 aliphatic heterocycles. The van der Waals surface area contributed by atoms with E-state index in [1.54, 1.807) is 6.92 Å². The predicted molar refractivity (Wildman–Crippen MR) is 128 cm³/mol. The highest BCUT2D eigenvalue weighted by Gasteiger charge is 2.62. The molecule has 4 fully saturated rings. The topological polar surface area (TPSA) is 93.9 Å². The number of hydrazine groups is 1. The van der Waals surface area contributed by atoms with Gasteiger partial charge in [0.15, 0.2) is 5.78 Å². The fourth-order valence-corrected chi connectivity index (χ4v) is 8.87. The number of nitrogens with two attached hydrogens (primary N) is 2. The Bertz CT molecular complexity index is 719. The highest BCUT2D eigenvalue weighted by Crippen LogP contribution is 2.68. The van der Waals surface area contributed by atoms with Gasteiger partial charge in [-0.2, -0.15) is 0 Å². The van der Waals surface area contributed by atoms with Gasteiger partial charge >= 0.3 is 0 Å². The van der Waals surface area contributed by atoms with Crippen LogP contribution >= 0.6 is 0 Å². The van der Waals surface area contributed by atoms with Crippen LogP contribution in [0.25, 0.3) is 0 Å². The van der Waals surface area contributed by atoms with E-state index in [2.05, 4.69) is 25.9 Å². The number of hydrogen-bond acceptors (Lipinski definition) is 5. The van der Waals surface area contributed by atoms with Gasteiger partial charge in [0.25, 0.3) is 0 Å². The third kappa shape index (κ3) is 4.11. The number of hydrogen-bond donors (Lipinski definition) is 2. The van der Waals surface area contributed by atoms with Gasteiger partial charge in [-0.3, -0.25) is 4.79 Å². The lowest BCUT2D eigenvalue weighted by atomic mass is 9.44. The van der Waals surface area contributed by atoms with E-state index < -0.39 is 0 Å². The molecule has 0 heterocycles. The maximum atomic E-state index is 13.3. The standard InChI is InChI=1S/C26H46N4O2/c1-5-32-16-26-13-10-17(2)14-19(26)6-7-20-21-8-9-23(25(21,4)12-11-22(20)26)24(31)15-30(28)29-18(3)27/h17,19-23H,5-16,28H2,1-4H3,(H2,27,29). The fraction of sp³-hybridized carbons (Fsp3) is 0.923. The van der Waals surface area contributed by atoms with Crippen LogP contribution < -0.4 is 11.6 Å². The lowest BCUT2D eigenvalue weighted by Gasteiger charge is -2.62. The first-order valence-corrected chi connectivity index (χ1v) is 13.1. The van der Waals surface area contributed by atoms with Gasteiger partial charge in [0.05, 0.1) is 6.61 Å². The summed E-state index contributed by atoms with van der Waals surface area (Å²) in [6.45, 7) is 10.6. The Morgan fingerprint density at radius 1 is 1.12 bits per heavy atom. The number of Topliss-reactive ketones (excluding diaryl/α,β-unsaturated/α-hetero) is 1. The highest BCUT2D eigenvalue weighted by molar-refractivity contribution is 5.84. The summed E-state index contributed by atoms with van der Waals surface area (Å²) in [5.41, 5.74) is 6.11. The number of hydrazone groups is 1. The van der Waals surface area contributed by atoms with E-state index in [1.165, 1.54) is 50.1 Å². The molecule has 0 spiro atoms. The maximum absolute atomic E-state index is 13.3. The predicted octanol–water partition coefficient (Wildman–Crippen LogP) is 4.33. The first kappa shape index (κ1) is 24.0. The SMILES string of the molecule is CCOCC12CCC(C)CC1CCC1C3CCC(C(=O)CN(N)/N=C(/C)N)C3(C)CCC12. The molecule has 0 aromatic heterocycles. The first-order valence-electron chi connectivity index (χ1n) is 13.1. The van der Waals surface area contributed by atoms with E-state index in [9.17, 15) is 4.79 Å². The Kier molecular flexibility index (Phi) is 6.94. The molecule has 0 bridgehead atoms. The van der Waals surface area contributed by atoms with Crippen LogP contribution in [0.2, 0.25) is 0 Å². The molecule has 0 saturated heterocycles. The van der Waals surface area contributed by atoms with Crippen molar-refractivity contribution in [2.75, 3.05) is 19.8 Å². The molecule has 8 unspecified atom stereocenters. The van der Waals surface area contributed by atoms with Crippen molar-refractivity contribution in [2.45, 2.75) is 85.5 Å². The maximum Gasteiger partial charge on any atom is 0.159 e. The zero-order valence-corrected chi connectivity index (χ0v) is 20.8. The van der Waals surface area contributed by atoms with Crippen LogP contribution in [0.5, 0.6) is 0 Å². The Balaban J connectivity index is 1.53. The van der Waals surface area contributed by atoms with Crippen molar-refractivity contribution in [1.29, 1.82) is 0 Å². The summed E-state index contributed by atoms with van der Waals surface area (Å²) in [6.07, 6.45) is 11.4. The molecule has 182 valence electrons. The van der Waals surface area contributed by atoms with Gasteiger partial charge in [0.2, 0.25) is 0 Å². The highest BCUT2D eigenvalue weighted by atomic mass is 16.5. The van der Waals surface area contributed by atoms with Crippen molar-refractivity contribution in [1.82, 2.24) is 5.12 Å². The Morgan fingerprint density at radius 2 is 1.91 bits per heavy atom. The minimum absolute atomic E-state index is 0.0970. The zero-order chi connectivity index (χ0) is 23.1. The number of amidine groups is 1. The average molecular weight is 447 g/mol. The lowest BCUT2D eigenvalue weighted by Crippen LogP contribution is -2.56. The van der Waals surface area contributed by atoms with E-state index >= 15 is 0 Å². The Hall–Kier alpha value is -1.14. The van der Waals surface area contributed by atoms with E-state index in [1.807, 2.05) is 0 Å². The van der Waals surface area contributed by atoms with Crippen molar-refractivity contribution in [3.8, 4) is 0 Å². The van der Waals surface area contributed by atoms with Crippen LogP contribution in [0.3, 0.4) is 0 Å². The molecular weight excluding hydrogens is 400 g/mol. The first-order chi connectivity index (χ1) is 15.2. The van der Waals surface area contributed by atoms with Crippen LogP contribution in [0.4, 0.5) is 0 Å². The van der Waals surface area contributed by atoms with Crippen molar-refractivity contribution < 1.29 is 9.53 Å². The second kappa shape index (κ2) is 9.25. The summed E-state index contributed by atoms with van der Waals surface area (Å²) in [5.74, 6) is 10.5. The minimum Gasteiger partial charge on any atom is -0.386 e. The number of rotatable bonds is 7. The number of fused-ring (bicyclic) bond motifs is 5. The summed E-state index contributed by atoms with van der Waals surface area (Å²) >= 11 is 0. The van der Waals surface area contributed by atoms with Crippen LogP contribution in [-0.2, 0) is 9.53 Å². The van der Waals surface area contributed by atoms with Crippen LogP contribution in [0.1, 0.15) is 85.5 Å². The molecule has 4 aliphatic carbocycles. The second-order valence-corrected chi connectivity index (χ2v) is 11.9. The summed E-state index contributed by atoms with van der Waals surface area (Å²) < 4.78 is 6.19. The molecular formula is C26H46N4O2. The number of ether oxygens (including phenoxy) is 1. The Morgan fingerprint density at radius 3 is 2.62 bits per heavy atom. The van der Waals surface area contributed by atoms with Crippen molar-refractivity contribution in [3.63, 3.8) is 0 Å². The van der Waals surface area contributed by atoms with Gasteiger partial charge in [0.1, 0.15) is 12.4 Å². The number of ketones is 1. The van der Waals surface area contributed by atoms with Crippen molar-refractivity contribution >= 4 is 11.6 Å². The molecule has 0 aromatic rings. The molecule has 6 nitrogen and oxygen atoms in total. The van der Waals surface area contributed by atoms with E-state index in [4.69, 9.17) is 16.3 Å². The molecule has 4 rings (SSSR count). The van der Waals surface area contributed by atoms with Gasteiger partial charge in [-0.15, -0.1) is 5.10 Å². The summed E-state index contributed by atoms with van der Waals surface area (Å²) in [4.78, 5) is 13.3. The summed E-state index contributed by atoms with van der Waals surface area (Å²) in [5, 5.41) is 5.27. The summed E-state index contributed by atoms with van der Waals surface area (Å²) in [6, 6.07) is 0. The molecule has 0 radical (unpaired) electrons. The molecule has 4 saturated carbocycles. The number of nitrogens with zero attached hydrogens (tertiary/aromatic N) is 2. The van der Waals surface area contributed by atoms with Crippen LogP contribution in [0.15, 0.2) is 5.10 Å². The molecule has 0 aromatic carbocycles. The largest absolute Gasteiger partial charge is 0.386 e.